The Hall–Kier alpha value is -2.79. The maximum absolute atomic E-state index is 7.95. The fourth-order valence-electron chi connectivity index (χ4n) is 3.42. The number of halogens is 1. The summed E-state index contributed by atoms with van der Waals surface area (Å²) in [6.07, 6.45) is 6.24. The summed E-state index contributed by atoms with van der Waals surface area (Å²) in [5, 5.41) is 8.69. The largest absolute Gasteiger partial charge is 0.370 e. The molecule has 0 spiro atoms. The molecular formula is C22H26ClN5. The number of aromatic amines is 1. The molecule has 4 N–H and O–H groups in total. The topological polar surface area (TPSA) is 81.8 Å². The second kappa shape index (κ2) is 9.95. The SMILES string of the molecule is N=C(N)N(CCCc1c[nH]cn1)CCC(c1ccccc1)c1ccc(Cl)cc1. The molecule has 146 valence electrons. The molecule has 1 aromatic heterocycles. The van der Waals surface area contributed by atoms with Gasteiger partial charge in [0.25, 0.3) is 0 Å². The lowest BCUT2D eigenvalue weighted by Crippen LogP contribution is -2.38. The second-order valence-corrected chi connectivity index (χ2v) is 7.28. The minimum atomic E-state index is 0.116. The third-order valence-corrected chi connectivity index (χ3v) is 5.17. The number of imidazole rings is 1. The van der Waals surface area contributed by atoms with Crippen molar-refractivity contribution in [1.82, 2.24) is 14.9 Å². The number of aryl methyl sites for hydroxylation is 1. The monoisotopic (exact) mass is 395 g/mol. The Kier molecular flexibility index (Phi) is 7.09. The first kappa shape index (κ1) is 20.0. The van der Waals surface area contributed by atoms with Gasteiger partial charge in [0.1, 0.15) is 0 Å². The van der Waals surface area contributed by atoms with Crippen LogP contribution in [0.25, 0.3) is 0 Å². The first-order valence-corrected chi connectivity index (χ1v) is 9.88. The van der Waals surface area contributed by atoms with Crippen molar-refractivity contribution in [1.29, 1.82) is 5.41 Å². The normalized spacial score (nSPS) is 11.9. The van der Waals surface area contributed by atoms with Gasteiger partial charge in [-0.2, -0.15) is 0 Å². The molecule has 1 unspecified atom stereocenters. The summed E-state index contributed by atoms with van der Waals surface area (Å²) < 4.78 is 0. The Morgan fingerprint density at radius 2 is 1.79 bits per heavy atom. The zero-order valence-corrected chi connectivity index (χ0v) is 16.6. The molecule has 6 heteroatoms. The van der Waals surface area contributed by atoms with Gasteiger partial charge in [0, 0.05) is 30.2 Å². The first-order valence-electron chi connectivity index (χ1n) is 9.50. The maximum atomic E-state index is 7.95. The highest BCUT2D eigenvalue weighted by atomic mass is 35.5. The molecule has 1 heterocycles. The van der Waals surface area contributed by atoms with E-state index in [1.807, 2.05) is 29.3 Å². The van der Waals surface area contributed by atoms with Crippen LogP contribution in [0.3, 0.4) is 0 Å². The molecule has 3 aromatic rings. The Morgan fingerprint density at radius 1 is 1.07 bits per heavy atom. The van der Waals surface area contributed by atoms with Gasteiger partial charge < -0.3 is 15.6 Å². The molecule has 0 fully saturated rings. The van der Waals surface area contributed by atoms with E-state index in [4.69, 9.17) is 22.7 Å². The number of aromatic nitrogens is 2. The highest BCUT2D eigenvalue weighted by molar-refractivity contribution is 6.30. The third kappa shape index (κ3) is 5.60. The van der Waals surface area contributed by atoms with E-state index in [0.29, 0.717) is 0 Å². The van der Waals surface area contributed by atoms with Crippen molar-refractivity contribution in [2.24, 2.45) is 5.73 Å². The molecule has 0 aliphatic carbocycles. The first-order chi connectivity index (χ1) is 13.6. The highest BCUT2D eigenvalue weighted by Gasteiger charge is 2.17. The Morgan fingerprint density at radius 3 is 2.43 bits per heavy atom. The molecular weight excluding hydrogens is 370 g/mol. The van der Waals surface area contributed by atoms with Crippen LogP contribution in [0, 0.1) is 5.41 Å². The van der Waals surface area contributed by atoms with Gasteiger partial charge in [0.15, 0.2) is 5.96 Å². The number of nitrogens with two attached hydrogens (primary N) is 1. The van der Waals surface area contributed by atoms with E-state index in [0.717, 1.165) is 43.1 Å². The fraction of sp³-hybridized carbons (Fsp3) is 0.273. The van der Waals surface area contributed by atoms with Gasteiger partial charge in [-0.05, 0) is 42.5 Å². The molecule has 0 radical (unpaired) electrons. The predicted octanol–water partition coefficient (Wildman–Crippen LogP) is 4.41. The molecule has 1 atom stereocenters. The van der Waals surface area contributed by atoms with Crippen LogP contribution >= 0.6 is 11.6 Å². The van der Waals surface area contributed by atoms with Crippen molar-refractivity contribution >= 4 is 17.6 Å². The molecule has 2 aromatic carbocycles. The van der Waals surface area contributed by atoms with Gasteiger partial charge in [-0.1, -0.05) is 54.1 Å². The van der Waals surface area contributed by atoms with E-state index in [1.165, 1.54) is 11.1 Å². The van der Waals surface area contributed by atoms with Crippen LogP contribution in [0.2, 0.25) is 5.02 Å². The zero-order chi connectivity index (χ0) is 19.8. The number of rotatable bonds is 9. The van der Waals surface area contributed by atoms with Crippen LogP contribution in [0.15, 0.2) is 67.1 Å². The molecule has 0 bridgehead atoms. The average molecular weight is 396 g/mol. The number of guanidine groups is 1. The van der Waals surface area contributed by atoms with Crippen LogP contribution < -0.4 is 5.73 Å². The van der Waals surface area contributed by atoms with Gasteiger partial charge in [0.2, 0.25) is 0 Å². The van der Waals surface area contributed by atoms with Crippen molar-refractivity contribution in [3.8, 4) is 0 Å². The quantitative estimate of drug-likeness (QED) is 0.370. The standard InChI is InChI=1S/C22H26ClN5/c23-19-10-8-18(9-11-19)21(17-5-2-1-3-6-17)12-14-28(22(24)25)13-4-7-20-15-26-16-27-20/h1-3,5-6,8-11,15-16,21H,4,7,12-14H2,(H3,24,25)(H,26,27). The van der Waals surface area contributed by atoms with Crippen molar-refractivity contribution in [3.05, 3.63) is 89.0 Å². The highest BCUT2D eigenvalue weighted by Crippen LogP contribution is 2.29. The summed E-state index contributed by atoms with van der Waals surface area (Å²) in [5.41, 5.74) is 9.36. The average Bonchev–Trinajstić information content (AvgIpc) is 3.22. The third-order valence-electron chi connectivity index (χ3n) is 4.92. The molecule has 0 saturated heterocycles. The van der Waals surface area contributed by atoms with Crippen LogP contribution in [-0.2, 0) is 6.42 Å². The minimum absolute atomic E-state index is 0.116. The van der Waals surface area contributed by atoms with E-state index >= 15 is 0 Å². The van der Waals surface area contributed by atoms with Crippen LogP contribution in [-0.4, -0.2) is 33.9 Å². The summed E-state index contributed by atoms with van der Waals surface area (Å²) >= 11 is 6.07. The van der Waals surface area contributed by atoms with Crippen molar-refractivity contribution in [2.45, 2.75) is 25.2 Å². The summed E-state index contributed by atoms with van der Waals surface area (Å²) in [6, 6.07) is 18.5. The molecule has 0 aliphatic heterocycles. The van der Waals surface area contributed by atoms with E-state index in [-0.39, 0.29) is 11.9 Å². The van der Waals surface area contributed by atoms with Gasteiger partial charge in [-0.15, -0.1) is 0 Å². The minimum Gasteiger partial charge on any atom is -0.370 e. The molecule has 0 aliphatic rings. The van der Waals surface area contributed by atoms with Gasteiger partial charge in [-0.3, -0.25) is 5.41 Å². The predicted molar refractivity (Wildman–Crippen MR) is 115 cm³/mol. The molecule has 3 rings (SSSR count). The van der Waals surface area contributed by atoms with Gasteiger partial charge >= 0.3 is 0 Å². The second-order valence-electron chi connectivity index (χ2n) is 6.84. The number of H-pyrrole nitrogens is 1. The number of nitrogens with zero attached hydrogens (tertiary/aromatic N) is 2. The molecule has 0 saturated carbocycles. The Bertz CT molecular complexity index is 846. The number of hydrogen-bond acceptors (Lipinski definition) is 2. The van der Waals surface area contributed by atoms with Gasteiger partial charge in [0.05, 0.1) is 12.0 Å². The van der Waals surface area contributed by atoms with E-state index in [2.05, 4.69) is 46.4 Å². The summed E-state index contributed by atoms with van der Waals surface area (Å²) in [4.78, 5) is 9.16. The smallest absolute Gasteiger partial charge is 0.188 e. The number of hydrogen-bond donors (Lipinski definition) is 3. The molecule has 28 heavy (non-hydrogen) atoms. The van der Waals surface area contributed by atoms with Crippen LogP contribution in [0.5, 0.6) is 0 Å². The molecule has 0 amide bonds. The van der Waals surface area contributed by atoms with Crippen LogP contribution in [0.4, 0.5) is 0 Å². The fourth-order valence-corrected chi connectivity index (χ4v) is 3.55. The summed E-state index contributed by atoms with van der Waals surface area (Å²) in [6.45, 7) is 1.46. The van der Waals surface area contributed by atoms with Crippen LogP contribution in [0.1, 0.15) is 35.6 Å². The summed E-state index contributed by atoms with van der Waals surface area (Å²) in [7, 11) is 0. The zero-order valence-electron chi connectivity index (χ0n) is 15.8. The maximum Gasteiger partial charge on any atom is 0.188 e. The molecule has 5 nitrogen and oxygen atoms in total. The van der Waals surface area contributed by atoms with E-state index < -0.39 is 0 Å². The Balaban J connectivity index is 1.66. The van der Waals surface area contributed by atoms with Gasteiger partial charge in [-0.25, -0.2) is 4.98 Å². The van der Waals surface area contributed by atoms with E-state index in [9.17, 15) is 0 Å². The lowest BCUT2D eigenvalue weighted by atomic mass is 9.88. The van der Waals surface area contributed by atoms with Crippen molar-refractivity contribution < 1.29 is 0 Å². The number of nitrogens with one attached hydrogen (secondary N) is 2. The van der Waals surface area contributed by atoms with E-state index in [1.54, 1.807) is 6.33 Å². The number of benzene rings is 2. The van der Waals surface area contributed by atoms with Crippen molar-refractivity contribution in [2.75, 3.05) is 13.1 Å². The van der Waals surface area contributed by atoms with Crippen molar-refractivity contribution in [3.63, 3.8) is 0 Å². The lowest BCUT2D eigenvalue weighted by Gasteiger charge is -2.26. The lowest BCUT2D eigenvalue weighted by molar-refractivity contribution is 0.387. The Labute approximate surface area is 171 Å². The summed E-state index contributed by atoms with van der Waals surface area (Å²) in [5.74, 6) is 0.344.